The Morgan fingerprint density at radius 1 is 0.279 bits per heavy atom. The van der Waals surface area contributed by atoms with Gasteiger partial charge < -0.3 is 28.5 Å². The highest BCUT2D eigenvalue weighted by atomic mass is 16.7. The average molecular weight is 1470 g/mol. The number of esters is 2. The predicted molar refractivity (Wildman–Crippen MR) is 452 cm³/mol. The van der Waals surface area contributed by atoms with Gasteiger partial charge >= 0.3 is 17.9 Å². The van der Waals surface area contributed by atoms with Crippen molar-refractivity contribution in [3.8, 4) is 0 Å². The first-order valence-corrected chi connectivity index (χ1v) is 47.4. The van der Waals surface area contributed by atoms with Crippen molar-refractivity contribution in [1.82, 2.24) is 0 Å². The van der Waals surface area contributed by atoms with Crippen molar-refractivity contribution in [3.63, 3.8) is 0 Å². The molecule has 0 saturated heterocycles. The topological polar surface area (TPSA) is 108 Å². The number of nitrogens with zero attached hydrogens (tertiary/aromatic N) is 1. The Balaban J connectivity index is 3.85. The van der Waals surface area contributed by atoms with Crippen LogP contribution in [0.5, 0.6) is 0 Å². The molecule has 2 unspecified atom stereocenters. The Morgan fingerprint density at radius 3 is 0.712 bits per heavy atom. The summed E-state index contributed by atoms with van der Waals surface area (Å²) in [5.74, 6) is -1.96. The van der Waals surface area contributed by atoms with E-state index in [2.05, 4.69) is 26.0 Å². The van der Waals surface area contributed by atoms with Crippen molar-refractivity contribution in [2.24, 2.45) is 0 Å². The van der Waals surface area contributed by atoms with Gasteiger partial charge in [0.1, 0.15) is 13.2 Å². The smallest absolute Gasteiger partial charge is 0.361 e. The van der Waals surface area contributed by atoms with E-state index < -0.39 is 18.4 Å². The van der Waals surface area contributed by atoms with E-state index in [-0.39, 0.29) is 38.2 Å². The van der Waals surface area contributed by atoms with Gasteiger partial charge in [0.15, 0.2) is 6.10 Å². The molecule has 0 spiro atoms. The maximum absolute atomic E-state index is 13.0. The minimum absolute atomic E-state index is 0.172. The van der Waals surface area contributed by atoms with Gasteiger partial charge in [0, 0.05) is 12.8 Å². The molecule has 0 radical (unpaired) electrons. The van der Waals surface area contributed by atoms with Gasteiger partial charge in [-0.05, 0) is 38.5 Å². The molecule has 0 heterocycles. The summed E-state index contributed by atoms with van der Waals surface area (Å²) in [5.41, 5.74) is 0. The number of allylic oxidation sites excluding steroid dienone is 2. The van der Waals surface area contributed by atoms with Gasteiger partial charge in [-0.1, -0.05) is 482 Å². The summed E-state index contributed by atoms with van der Waals surface area (Å²) >= 11 is 0. The quantitative estimate of drug-likeness (QED) is 0.0211. The molecule has 2 atom stereocenters. The molecule has 0 rings (SSSR count). The number of unbranched alkanes of at least 4 members (excludes halogenated alkanes) is 74. The normalized spacial score (nSPS) is 12.5. The molecule has 104 heavy (non-hydrogen) atoms. The number of carbonyl (C=O) groups excluding carboxylic acids is 2. The number of hydrogen-bond acceptors (Lipinski definition) is 7. The summed E-state index contributed by atoms with van der Waals surface area (Å²) in [5, 5.41) is 9.80. The van der Waals surface area contributed by atoms with Crippen molar-refractivity contribution in [3.05, 3.63) is 12.2 Å². The second-order valence-electron chi connectivity index (χ2n) is 34.0. The van der Waals surface area contributed by atoms with Gasteiger partial charge in [-0.2, -0.15) is 0 Å². The highest BCUT2D eigenvalue weighted by molar-refractivity contribution is 5.71. The van der Waals surface area contributed by atoms with E-state index in [0.717, 1.165) is 38.5 Å². The van der Waals surface area contributed by atoms with Gasteiger partial charge in [0.2, 0.25) is 0 Å². The molecule has 0 amide bonds. The van der Waals surface area contributed by atoms with E-state index in [0.29, 0.717) is 17.4 Å². The predicted octanol–water partition coefficient (Wildman–Crippen LogP) is 31.0. The third kappa shape index (κ3) is 87.3. The molecule has 0 aliphatic carbocycles. The summed E-state index contributed by atoms with van der Waals surface area (Å²) in [7, 11) is 6.01. The fraction of sp³-hybridized carbons (Fsp3) is 0.947. The number of carboxylic acids is 1. The summed E-state index contributed by atoms with van der Waals surface area (Å²) in [6.45, 7) is 4.99. The lowest BCUT2D eigenvalue weighted by Gasteiger charge is -2.25. The zero-order valence-electron chi connectivity index (χ0n) is 71.3. The Hall–Kier alpha value is -1.97. The molecule has 9 heteroatoms. The lowest BCUT2D eigenvalue weighted by atomic mass is 10.0. The van der Waals surface area contributed by atoms with Crippen molar-refractivity contribution < 1.29 is 42.9 Å². The van der Waals surface area contributed by atoms with Crippen LogP contribution in [0.4, 0.5) is 0 Å². The van der Waals surface area contributed by atoms with E-state index in [1.54, 1.807) is 0 Å². The van der Waals surface area contributed by atoms with Gasteiger partial charge in [-0.25, -0.2) is 4.79 Å². The maximum atomic E-state index is 13.0. The molecule has 0 saturated carbocycles. The largest absolute Gasteiger partial charge is 0.477 e. The zero-order chi connectivity index (χ0) is 75.3. The van der Waals surface area contributed by atoms with Crippen molar-refractivity contribution >= 4 is 17.9 Å². The van der Waals surface area contributed by atoms with E-state index in [4.69, 9.17) is 18.9 Å². The number of quaternary nitrogens is 1. The molecule has 1 N–H and O–H groups in total. The molecule has 618 valence electrons. The van der Waals surface area contributed by atoms with Crippen LogP contribution in [0.15, 0.2) is 12.2 Å². The van der Waals surface area contributed by atoms with Crippen LogP contribution in [0, 0.1) is 0 Å². The number of aliphatic carboxylic acids is 1. The first-order chi connectivity index (χ1) is 51.1. The van der Waals surface area contributed by atoms with Crippen LogP contribution in [-0.4, -0.2) is 87.4 Å². The summed E-state index contributed by atoms with van der Waals surface area (Å²) in [6.07, 6.45) is 109. The third-order valence-corrected chi connectivity index (χ3v) is 22.3. The van der Waals surface area contributed by atoms with E-state index in [9.17, 15) is 19.5 Å². The zero-order valence-corrected chi connectivity index (χ0v) is 71.3. The molecule has 0 aliphatic rings. The Kier molecular flexibility index (Phi) is 85.0. The number of rotatable bonds is 91. The number of likely N-dealkylation sites (N-methyl/N-ethyl adjacent to an activating group) is 1. The minimum atomic E-state index is -1.51. The van der Waals surface area contributed by atoms with Crippen LogP contribution in [-0.2, 0) is 33.3 Å². The molecule has 0 aromatic carbocycles. The molecule has 0 aromatic rings. The minimum Gasteiger partial charge on any atom is -0.477 e. The molecular formula is C95H186NO8+. The lowest BCUT2D eigenvalue weighted by molar-refractivity contribution is -0.870. The number of hydrogen-bond donors (Lipinski definition) is 1. The van der Waals surface area contributed by atoms with Gasteiger partial charge in [0.05, 0.1) is 34.4 Å². The highest BCUT2D eigenvalue weighted by Gasteiger charge is 2.25. The second-order valence-corrected chi connectivity index (χ2v) is 34.0. The molecule has 0 fully saturated rings. The van der Waals surface area contributed by atoms with Gasteiger partial charge in [0.25, 0.3) is 6.29 Å². The van der Waals surface area contributed by atoms with Crippen LogP contribution in [0.2, 0.25) is 0 Å². The first-order valence-electron chi connectivity index (χ1n) is 47.4. The molecule has 0 bridgehead atoms. The van der Waals surface area contributed by atoms with Gasteiger partial charge in [-0.15, -0.1) is 0 Å². The monoisotopic (exact) mass is 1470 g/mol. The lowest BCUT2D eigenvalue weighted by Crippen LogP contribution is -2.40. The van der Waals surface area contributed by atoms with Crippen LogP contribution in [0.1, 0.15) is 521 Å². The first kappa shape index (κ1) is 102. The standard InChI is InChI=1S/C95H185NO8/c1-6-8-10-12-14-16-18-20-22-24-26-28-30-32-34-36-38-40-42-44-46-47-48-50-52-54-56-58-60-62-64-66-68-70-72-74-76-78-80-82-84-86-93(98)104-91(90-103-95(94(99)100)101-88-87-96(3,4)5)89-102-92(97)85-83-81-79-77-75-73-71-69-67-65-63-61-59-57-55-53-51-49-45-43-41-39-37-35-33-31-29-27-25-23-21-19-17-15-13-11-9-7-2/h24,26,91,95H,6-23,25,27-90H2,1-5H3/p+1/b26-24-. The van der Waals surface area contributed by atoms with Crippen molar-refractivity contribution in [2.75, 3.05) is 47.5 Å². The molecule has 0 aromatic heterocycles. The average Bonchev–Trinajstić information content (AvgIpc) is 0.971. The second kappa shape index (κ2) is 86.6. The number of carboxylic acid groups (broad SMARTS) is 1. The Labute approximate surface area is 650 Å². The van der Waals surface area contributed by atoms with Crippen LogP contribution in [0.25, 0.3) is 0 Å². The molecular weight excluding hydrogens is 1280 g/mol. The summed E-state index contributed by atoms with van der Waals surface area (Å²) < 4.78 is 23.1. The number of ether oxygens (including phenoxy) is 4. The van der Waals surface area contributed by atoms with Crippen LogP contribution in [0.3, 0.4) is 0 Å². The fourth-order valence-electron chi connectivity index (χ4n) is 15.1. The van der Waals surface area contributed by atoms with Crippen molar-refractivity contribution in [1.29, 1.82) is 0 Å². The van der Waals surface area contributed by atoms with Crippen LogP contribution < -0.4 is 0 Å². The van der Waals surface area contributed by atoms with E-state index in [1.807, 2.05) is 21.1 Å². The third-order valence-electron chi connectivity index (χ3n) is 22.3. The van der Waals surface area contributed by atoms with Gasteiger partial charge in [-0.3, -0.25) is 9.59 Å². The number of carbonyl (C=O) groups is 3. The molecule has 0 aliphatic heterocycles. The maximum Gasteiger partial charge on any atom is 0.361 e. The fourth-order valence-corrected chi connectivity index (χ4v) is 15.1. The van der Waals surface area contributed by atoms with E-state index >= 15 is 0 Å². The summed E-state index contributed by atoms with van der Waals surface area (Å²) in [4.78, 5) is 37.8. The van der Waals surface area contributed by atoms with Crippen molar-refractivity contribution in [2.45, 2.75) is 533 Å². The van der Waals surface area contributed by atoms with E-state index in [1.165, 1.54) is 456 Å². The SMILES string of the molecule is CCCCCCCCCC/C=C\CCCCCCCCCCCCCCCCCCCCCCCCCCCCCCCC(=O)OC(COC(=O)CCCCCCCCCCCCCCCCCCCCCCCCCCCCCCCCCCCCCCCC)COC(OCC[N+](C)(C)C)C(=O)O. The van der Waals surface area contributed by atoms with Crippen LogP contribution >= 0.6 is 0 Å². The highest BCUT2D eigenvalue weighted by Crippen LogP contribution is 2.22. The summed E-state index contributed by atoms with van der Waals surface area (Å²) in [6, 6.07) is 0. The Morgan fingerprint density at radius 2 is 0.490 bits per heavy atom. The Bertz CT molecular complexity index is 1710. The molecule has 9 nitrogen and oxygen atoms in total.